The van der Waals surface area contributed by atoms with E-state index in [1.807, 2.05) is 30.4 Å². The van der Waals surface area contributed by atoms with Crippen LogP contribution in [0.5, 0.6) is 0 Å². The van der Waals surface area contributed by atoms with Crippen molar-refractivity contribution in [3.05, 3.63) is 75.4 Å². The molecule has 0 radical (unpaired) electrons. The Bertz CT molecular complexity index is 826. The maximum absolute atomic E-state index is 12.0. The fourth-order valence-electron chi connectivity index (χ4n) is 2.57. The SMILES string of the molecule is CC1=CC(=C(N=NC2=CCCC=C2Br)c2ccco2)C=C(C)C1=O. The second-order valence-corrected chi connectivity index (χ2v) is 6.54. The second-order valence-electron chi connectivity index (χ2n) is 5.68. The van der Waals surface area contributed by atoms with Crippen LogP contribution >= 0.6 is 15.9 Å². The summed E-state index contributed by atoms with van der Waals surface area (Å²) in [5.41, 5.74) is 3.60. The molecule has 0 spiro atoms. The largest absolute Gasteiger partial charge is 0.463 e. The van der Waals surface area contributed by atoms with Gasteiger partial charge in [-0.05, 0) is 78.1 Å². The van der Waals surface area contributed by atoms with E-state index in [1.54, 1.807) is 20.1 Å². The molecule has 1 heterocycles. The molecule has 0 unspecified atom stereocenters. The van der Waals surface area contributed by atoms with Crippen LogP contribution in [0.25, 0.3) is 5.70 Å². The first-order valence-electron chi connectivity index (χ1n) is 7.73. The van der Waals surface area contributed by atoms with Gasteiger partial charge in [0.25, 0.3) is 0 Å². The van der Waals surface area contributed by atoms with Crippen molar-refractivity contribution in [1.29, 1.82) is 0 Å². The Labute approximate surface area is 149 Å². The van der Waals surface area contributed by atoms with E-state index in [4.69, 9.17) is 4.42 Å². The molecule has 24 heavy (non-hydrogen) atoms. The molecule has 0 atom stereocenters. The van der Waals surface area contributed by atoms with Crippen molar-refractivity contribution in [2.24, 2.45) is 10.2 Å². The average molecular weight is 385 g/mol. The standard InChI is InChI=1S/C19H17BrN2O2/c1-12-10-14(11-13(2)19(12)23)18(17-8-5-9-24-17)22-21-16-7-4-3-6-15(16)20/h5-11H,3-4H2,1-2H3. The lowest BCUT2D eigenvalue weighted by molar-refractivity contribution is -0.112. The monoisotopic (exact) mass is 384 g/mol. The summed E-state index contributed by atoms with van der Waals surface area (Å²) in [7, 11) is 0. The maximum Gasteiger partial charge on any atom is 0.184 e. The van der Waals surface area contributed by atoms with Gasteiger partial charge in [-0.1, -0.05) is 12.2 Å². The van der Waals surface area contributed by atoms with Crippen molar-refractivity contribution in [2.75, 3.05) is 0 Å². The Kier molecular flexibility index (Phi) is 4.90. The number of halogens is 1. The molecular weight excluding hydrogens is 368 g/mol. The molecule has 1 aromatic heterocycles. The van der Waals surface area contributed by atoms with Gasteiger partial charge < -0.3 is 4.42 Å². The van der Waals surface area contributed by atoms with Crippen LogP contribution in [0.3, 0.4) is 0 Å². The number of nitrogens with zero attached hydrogens (tertiary/aromatic N) is 2. The van der Waals surface area contributed by atoms with Crippen molar-refractivity contribution in [1.82, 2.24) is 0 Å². The Morgan fingerprint density at radius 1 is 1.17 bits per heavy atom. The second kappa shape index (κ2) is 7.09. The number of allylic oxidation sites excluding steroid dienone is 8. The maximum atomic E-state index is 12.0. The third kappa shape index (κ3) is 3.46. The quantitative estimate of drug-likeness (QED) is 0.611. The number of azo groups is 1. The summed E-state index contributed by atoms with van der Waals surface area (Å²) in [5.74, 6) is 0.669. The predicted molar refractivity (Wildman–Crippen MR) is 97.3 cm³/mol. The Morgan fingerprint density at radius 3 is 2.50 bits per heavy atom. The minimum Gasteiger partial charge on any atom is -0.463 e. The van der Waals surface area contributed by atoms with Crippen molar-refractivity contribution in [2.45, 2.75) is 26.7 Å². The zero-order valence-corrected chi connectivity index (χ0v) is 15.1. The summed E-state index contributed by atoms with van der Waals surface area (Å²) in [6.07, 6.45) is 11.3. The van der Waals surface area contributed by atoms with E-state index >= 15 is 0 Å². The molecule has 0 saturated carbocycles. The van der Waals surface area contributed by atoms with Crippen LogP contribution in [0.15, 0.2) is 84.2 Å². The number of rotatable bonds is 3. The molecule has 0 saturated heterocycles. The Balaban J connectivity index is 2.06. The molecule has 0 fully saturated rings. The van der Waals surface area contributed by atoms with Crippen LogP contribution in [0.2, 0.25) is 0 Å². The number of carbonyl (C=O) groups excluding carboxylic acids is 1. The van der Waals surface area contributed by atoms with E-state index in [-0.39, 0.29) is 5.78 Å². The lowest BCUT2D eigenvalue weighted by Gasteiger charge is -2.11. The van der Waals surface area contributed by atoms with Crippen molar-refractivity contribution in [3.8, 4) is 0 Å². The lowest BCUT2D eigenvalue weighted by atomic mass is 9.94. The highest BCUT2D eigenvalue weighted by Crippen LogP contribution is 2.31. The molecule has 0 aromatic carbocycles. The average Bonchev–Trinajstić information content (AvgIpc) is 3.08. The molecule has 122 valence electrons. The van der Waals surface area contributed by atoms with E-state index < -0.39 is 0 Å². The van der Waals surface area contributed by atoms with E-state index in [0.717, 1.165) is 28.6 Å². The minimum atomic E-state index is 0.0511. The van der Waals surface area contributed by atoms with Crippen LogP contribution in [0, 0.1) is 0 Å². The van der Waals surface area contributed by atoms with Gasteiger partial charge in [0.2, 0.25) is 0 Å². The minimum absolute atomic E-state index is 0.0511. The van der Waals surface area contributed by atoms with E-state index in [9.17, 15) is 4.79 Å². The van der Waals surface area contributed by atoms with Gasteiger partial charge in [0.05, 0.1) is 12.0 Å². The molecule has 0 amide bonds. The summed E-state index contributed by atoms with van der Waals surface area (Å²) in [6.45, 7) is 3.61. The zero-order valence-electron chi connectivity index (χ0n) is 13.5. The van der Waals surface area contributed by atoms with Gasteiger partial charge >= 0.3 is 0 Å². The van der Waals surface area contributed by atoms with Gasteiger partial charge in [0.15, 0.2) is 11.5 Å². The van der Waals surface area contributed by atoms with Gasteiger partial charge in [-0.2, -0.15) is 0 Å². The van der Waals surface area contributed by atoms with Crippen molar-refractivity contribution in [3.63, 3.8) is 0 Å². The van der Waals surface area contributed by atoms with Crippen molar-refractivity contribution < 1.29 is 9.21 Å². The number of Topliss-reactive ketones (excluding diaryl/α,β-unsaturated/α-hetero) is 1. The van der Waals surface area contributed by atoms with E-state index in [0.29, 0.717) is 22.6 Å². The molecule has 3 rings (SSSR count). The number of hydrogen-bond donors (Lipinski definition) is 0. The number of furan rings is 1. The highest BCUT2D eigenvalue weighted by atomic mass is 79.9. The fraction of sp³-hybridized carbons (Fsp3) is 0.211. The number of ketones is 1. The molecule has 5 heteroatoms. The van der Waals surface area contributed by atoms with Gasteiger partial charge in [-0.15, -0.1) is 10.2 Å². The van der Waals surface area contributed by atoms with Crippen LogP contribution in [-0.4, -0.2) is 5.78 Å². The number of hydrogen-bond acceptors (Lipinski definition) is 4. The molecular formula is C19H17BrN2O2. The third-order valence-corrected chi connectivity index (χ3v) is 4.55. The molecule has 2 aliphatic rings. The summed E-state index contributed by atoms with van der Waals surface area (Å²) in [6, 6.07) is 3.65. The topological polar surface area (TPSA) is 54.9 Å². The predicted octanol–water partition coefficient (Wildman–Crippen LogP) is 5.87. The molecule has 0 bridgehead atoms. The molecule has 0 N–H and O–H groups in total. The third-order valence-electron chi connectivity index (χ3n) is 3.82. The summed E-state index contributed by atoms with van der Waals surface area (Å²) in [4.78, 5) is 12.0. The van der Waals surface area contributed by atoms with Gasteiger partial charge in [0.1, 0.15) is 5.70 Å². The molecule has 0 aliphatic heterocycles. The summed E-state index contributed by atoms with van der Waals surface area (Å²) < 4.78 is 6.46. The molecule has 2 aliphatic carbocycles. The Morgan fingerprint density at radius 2 is 1.88 bits per heavy atom. The smallest absolute Gasteiger partial charge is 0.184 e. The summed E-state index contributed by atoms with van der Waals surface area (Å²) >= 11 is 3.51. The lowest BCUT2D eigenvalue weighted by Crippen LogP contribution is -2.06. The van der Waals surface area contributed by atoms with Crippen LogP contribution < -0.4 is 0 Å². The molecule has 1 aromatic rings. The van der Waals surface area contributed by atoms with E-state index in [1.165, 1.54) is 0 Å². The van der Waals surface area contributed by atoms with Crippen LogP contribution in [0.4, 0.5) is 0 Å². The van der Waals surface area contributed by atoms with Gasteiger partial charge in [0, 0.05) is 10.1 Å². The normalized spacial score (nSPS) is 18.3. The van der Waals surface area contributed by atoms with Crippen LogP contribution in [-0.2, 0) is 4.79 Å². The van der Waals surface area contributed by atoms with Crippen LogP contribution in [0.1, 0.15) is 32.4 Å². The fourth-order valence-corrected chi connectivity index (χ4v) is 3.04. The van der Waals surface area contributed by atoms with Gasteiger partial charge in [-0.3, -0.25) is 4.79 Å². The van der Waals surface area contributed by atoms with Gasteiger partial charge in [-0.25, -0.2) is 0 Å². The summed E-state index contributed by atoms with van der Waals surface area (Å²) in [5, 5.41) is 8.80. The first-order chi connectivity index (χ1) is 11.6. The first-order valence-corrected chi connectivity index (χ1v) is 8.53. The van der Waals surface area contributed by atoms with E-state index in [2.05, 4.69) is 32.2 Å². The molecule has 4 nitrogen and oxygen atoms in total. The zero-order chi connectivity index (χ0) is 17.1. The number of carbonyl (C=O) groups is 1. The highest BCUT2D eigenvalue weighted by Gasteiger charge is 2.18. The first kappa shape index (κ1) is 16.6. The Hall–Kier alpha value is -2.27. The highest BCUT2D eigenvalue weighted by molar-refractivity contribution is 9.12. The van der Waals surface area contributed by atoms with Crippen molar-refractivity contribution >= 4 is 27.4 Å².